The van der Waals surface area contributed by atoms with Crippen molar-refractivity contribution in [1.82, 2.24) is 20.2 Å². The number of fused-ring (bicyclic) bond motifs is 5. The van der Waals surface area contributed by atoms with Gasteiger partial charge in [0.1, 0.15) is 29.7 Å². The van der Waals surface area contributed by atoms with Crippen LogP contribution in [0, 0.1) is 17.8 Å². The second-order valence-electron chi connectivity index (χ2n) is 13.9. The molecule has 0 spiro atoms. The van der Waals surface area contributed by atoms with Crippen LogP contribution < -0.4 is 14.8 Å². The number of alkyl carbamates (subject to hydrolysis) is 1. The Bertz CT molecular complexity index is 1410. The lowest BCUT2D eigenvalue weighted by atomic mass is 9.83. The van der Waals surface area contributed by atoms with Crippen molar-refractivity contribution >= 4 is 28.8 Å². The van der Waals surface area contributed by atoms with Crippen molar-refractivity contribution in [2.75, 3.05) is 13.7 Å². The van der Waals surface area contributed by atoms with Gasteiger partial charge in [0.25, 0.3) is 0 Å². The average Bonchev–Trinajstić information content (AvgIpc) is 3.66. The highest BCUT2D eigenvalue weighted by Crippen LogP contribution is 2.37. The molecule has 46 heavy (non-hydrogen) atoms. The van der Waals surface area contributed by atoms with E-state index in [-0.39, 0.29) is 36.2 Å². The van der Waals surface area contributed by atoms with Crippen LogP contribution in [-0.2, 0) is 20.7 Å². The van der Waals surface area contributed by atoms with E-state index in [1.54, 1.807) is 18.9 Å². The molecule has 2 saturated carbocycles. The van der Waals surface area contributed by atoms with Gasteiger partial charge in [0, 0.05) is 12.0 Å². The molecule has 6 atom stereocenters. The molecule has 2 bridgehead atoms. The maximum absolute atomic E-state index is 14.5. The number of nitrogens with one attached hydrogen (secondary N) is 1. The second-order valence-corrected chi connectivity index (χ2v) is 13.9. The van der Waals surface area contributed by atoms with Crippen molar-refractivity contribution in [3.63, 3.8) is 0 Å². The quantitative estimate of drug-likeness (QED) is 0.424. The lowest BCUT2D eigenvalue weighted by molar-refractivity contribution is -0.140. The third-order valence-corrected chi connectivity index (χ3v) is 10.9. The summed E-state index contributed by atoms with van der Waals surface area (Å²) in [6, 6.07) is 4.27. The molecule has 10 nitrogen and oxygen atoms in total. The van der Waals surface area contributed by atoms with Crippen LogP contribution >= 0.6 is 0 Å². The number of amides is 2. The van der Waals surface area contributed by atoms with Crippen LogP contribution in [-0.4, -0.2) is 70.6 Å². The van der Waals surface area contributed by atoms with E-state index in [1.165, 1.54) is 0 Å². The van der Waals surface area contributed by atoms with E-state index in [0.717, 1.165) is 88.3 Å². The Hall–Kier alpha value is -3.43. The predicted molar refractivity (Wildman–Crippen MR) is 174 cm³/mol. The summed E-state index contributed by atoms with van der Waals surface area (Å²) in [5, 5.41) is 3.04. The van der Waals surface area contributed by atoms with E-state index in [0.29, 0.717) is 35.9 Å². The largest absolute Gasteiger partial charge is 0.497 e. The van der Waals surface area contributed by atoms with Crippen molar-refractivity contribution in [2.45, 2.75) is 128 Å². The molecule has 250 valence electrons. The highest BCUT2D eigenvalue weighted by molar-refractivity contribution is 5.92. The van der Waals surface area contributed by atoms with E-state index >= 15 is 0 Å². The molecule has 4 aliphatic rings. The van der Waals surface area contributed by atoms with E-state index in [2.05, 4.69) is 5.32 Å². The van der Waals surface area contributed by atoms with Crippen molar-refractivity contribution in [3.05, 3.63) is 23.9 Å². The number of hydrogen-bond donors (Lipinski definition) is 1. The summed E-state index contributed by atoms with van der Waals surface area (Å²) >= 11 is 0. The van der Waals surface area contributed by atoms with Crippen molar-refractivity contribution < 1.29 is 28.6 Å². The van der Waals surface area contributed by atoms with Crippen molar-refractivity contribution in [2.24, 2.45) is 17.8 Å². The summed E-state index contributed by atoms with van der Waals surface area (Å²) < 4.78 is 18.2. The van der Waals surface area contributed by atoms with Gasteiger partial charge in [-0.1, -0.05) is 39.0 Å². The zero-order valence-corrected chi connectivity index (χ0v) is 27.7. The minimum atomic E-state index is -0.742. The zero-order chi connectivity index (χ0) is 32.2. The zero-order valence-electron chi connectivity index (χ0n) is 27.7. The van der Waals surface area contributed by atoms with Gasteiger partial charge in [0.15, 0.2) is 5.78 Å². The second kappa shape index (κ2) is 14.6. The van der Waals surface area contributed by atoms with Gasteiger partial charge >= 0.3 is 6.09 Å². The first-order chi connectivity index (χ1) is 22.4. The van der Waals surface area contributed by atoms with Crippen LogP contribution in [0.2, 0.25) is 0 Å². The number of methoxy groups -OCH3 is 1. The Balaban J connectivity index is 1.37. The van der Waals surface area contributed by atoms with Crippen LogP contribution in [0.15, 0.2) is 18.2 Å². The fourth-order valence-electron chi connectivity index (χ4n) is 8.51. The number of ketones is 1. The van der Waals surface area contributed by atoms with Gasteiger partial charge in [-0.3, -0.25) is 9.59 Å². The summed E-state index contributed by atoms with van der Waals surface area (Å²) in [7, 11) is 1.63. The average molecular weight is 635 g/mol. The van der Waals surface area contributed by atoms with Crippen LogP contribution in [0.25, 0.3) is 11.0 Å². The van der Waals surface area contributed by atoms with Crippen molar-refractivity contribution in [3.8, 4) is 11.6 Å². The van der Waals surface area contributed by atoms with Crippen LogP contribution in [0.5, 0.6) is 11.6 Å². The number of carbonyl (C=O) groups excluding carboxylic acids is 3. The molecule has 1 saturated heterocycles. The lowest BCUT2D eigenvalue weighted by Crippen LogP contribution is -2.55. The number of ether oxygens (including phenoxy) is 3. The van der Waals surface area contributed by atoms with Gasteiger partial charge in [-0.15, -0.1) is 0 Å². The molecule has 3 fully saturated rings. The normalized spacial score (nSPS) is 29.9. The maximum Gasteiger partial charge on any atom is 0.408 e. The van der Waals surface area contributed by atoms with Gasteiger partial charge in [0.2, 0.25) is 11.8 Å². The number of aromatic nitrogens is 2. The Morgan fingerprint density at radius 2 is 1.65 bits per heavy atom. The molecule has 0 unspecified atom stereocenters. The first-order valence-electron chi connectivity index (χ1n) is 17.7. The molecule has 1 N–H and O–H groups in total. The van der Waals surface area contributed by atoms with E-state index < -0.39 is 24.3 Å². The molecule has 1 aromatic heterocycles. The van der Waals surface area contributed by atoms with Gasteiger partial charge < -0.3 is 24.4 Å². The molecule has 2 aliphatic carbocycles. The van der Waals surface area contributed by atoms with Crippen LogP contribution in [0.1, 0.15) is 103 Å². The molecule has 2 amide bonds. The molecular formula is C36H50N4O6. The topological polar surface area (TPSA) is 120 Å². The number of carbonyl (C=O) groups is 3. The lowest BCUT2D eigenvalue weighted by Gasteiger charge is -2.35. The van der Waals surface area contributed by atoms with E-state index in [4.69, 9.17) is 24.2 Å². The fourth-order valence-corrected chi connectivity index (χ4v) is 8.51. The summed E-state index contributed by atoms with van der Waals surface area (Å²) in [5.74, 6) is 0.958. The third-order valence-electron chi connectivity index (χ3n) is 10.9. The molecule has 1 aromatic carbocycles. The molecule has 2 aliphatic heterocycles. The van der Waals surface area contributed by atoms with Crippen LogP contribution in [0.3, 0.4) is 0 Å². The van der Waals surface area contributed by atoms with Crippen LogP contribution in [0.4, 0.5) is 4.79 Å². The standard InChI is InChI=1S/C36H50N4O6/c1-4-26-31-21-40(33(26)22(2)41)35(42)32(24-13-8-5-9-14-24)39-36(43)46-30-17-11-15-23(30)12-7-6-10-16-28-34(45-31)38-29-20-25(44-3)18-19-27(29)37-28/h18-20,23-24,26,30-33H,4-17,21H2,1-3H3,(H,39,43)/t23-,26-,30-,31+,32+,33-/m1/s1. The highest BCUT2D eigenvalue weighted by Gasteiger charge is 2.49. The molecule has 6 rings (SSSR count). The van der Waals surface area contributed by atoms with Crippen molar-refractivity contribution in [1.29, 1.82) is 0 Å². The van der Waals surface area contributed by atoms with Gasteiger partial charge in [-0.25, -0.2) is 14.8 Å². The maximum atomic E-state index is 14.5. The number of aryl methyl sites for hydroxylation is 1. The number of benzene rings is 1. The number of hydrogen-bond acceptors (Lipinski definition) is 8. The minimum Gasteiger partial charge on any atom is -0.497 e. The van der Waals surface area contributed by atoms with Gasteiger partial charge in [0.05, 0.1) is 30.7 Å². The summed E-state index contributed by atoms with van der Waals surface area (Å²) in [6.07, 6.45) is 12.1. The first-order valence-corrected chi connectivity index (χ1v) is 17.7. The van der Waals surface area contributed by atoms with Gasteiger partial charge in [-0.2, -0.15) is 0 Å². The third kappa shape index (κ3) is 6.95. The molecular weight excluding hydrogens is 584 g/mol. The van der Waals surface area contributed by atoms with E-state index in [1.807, 2.05) is 25.1 Å². The summed E-state index contributed by atoms with van der Waals surface area (Å²) in [5.41, 5.74) is 2.25. The summed E-state index contributed by atoms with van der Waals surface area (Å²) in [6.45, 7) is 3.82. The number of nitrogens with zero attached hydrogens (tertiary/aromatic N) is 3. The fraction of sp³-hybridized carbons (Fsp3) is 0.694. The Kier molecular flexibility index (Phi) is 10.3. The van der Waals surface area contributed by atoms with E-state index in [9.17, 15) is 14.4 Å². The monoisotopic (exact) mass is 634 g/mol. The minimum absolute atomic E-state index is 0.000591. The predicted octanol–water partition coefficient (Wildman–Crippen LogP) is 6.17. The summed E-state index contributed by atoms with van der Waals surface area (Å²) in [4.78, 5) is 52.9. The Morgan fingerprint density at radius 1 is 0.913 bits per heavy atom. The first kappa shape index (κ1) is 32.5. The van der Waals surface area contributed by atoms with Gasteiger partial charge in [-0.05, 0) is 88.7 Å². The molecule has 3 heterocycles. The Morgan fingerprint density at radius 3 is 2.39 bits per heavy atom. The smallest absolute Gasteiger partial charge is 0.408 e. The number of rotatable bonds is 4. The highest BCUT2D eigenvalue weighted by atomic mass is 16.6. The molecule has 2 aromatic rings. The number of Topliss-reactive ketones (excluding diaryl/α,β-unsaturated/α-hetero) is 1. The molecule has 0 radical (unpaired) electrons. The Labute approximate surface area is 272 Å². The molecule has 10 heteroatoms. The SMILES string of the molecule is CC[C@@H]1[C@@H]2CN(C(=O)[C@H](C3CCCCC3)NC(=O)O[C@@H]3CCC[C@H]3CCCCCc3nc4ccc(OC)cc4nc3O2)[C@@H]1C(C)=O.